The van der Waals surface area contributed by atoms with Crippen molar-refractivity contribution in [1.29, 1.82) is 0 Å². The van der Waals surface area contributed by atoms with Crippen molar-refractivity contribution < 1.29 is 4.39 Å². The van der Waals surface area contributed by atoms with Gasteiger partial charge in [-0.2, -0.15) is 0 Å². The topological polar surface area (TPSA) is 0 Å². The Hall–Kier alpha value is -0.590. The van der Waals surface area contributed by atoms with Crippen molar-refractivity contribution in [3.63, 3.8) is 0 Å². The number of halogens is 1. The lowest BCUT2D eigenvalue weighted by atomic mass is 10.3. The minimum atomic E-state index is -0.147. The van der Waals surface area contributed by atoms with E-state index in [-0.39, 0.29) is 5.83 Å². The summed E-state index contributed by atoms with van der Waals surface area (Å²) in [6, 6.07) is 0. The van der Waals surface area contributed by atoms with Gasteiger partial charge in [-0.15, -0.1) is 0 Å². The summed E-state index contributed by atoms with van der Waals surface area (Å²) in [4.78, 5) is 0. The highest BCUT2D eigenvalue weighted by Gasteiger charge is 1.75. The minimum Gasteiger partial charge on any atom is -0.212 e. The summed E-state index contributed by atoms with van der Waals surface area (Å²) in [5, 5.41) is 0. The molecule has 0 aromatic rings. The smallest absolute Gasteiger partial charge is 0.0968 e. The third-order valence-electron chi connectivity index (χ3n) is 0.646. The van der Waals surface area contributed by atoms with Gasteiger partial charge in [0, 0.05) is 0 Å². The van der Waals surface area contributed by atoms with Gasteiger partial charge in [0.2, 0.25) is 0 Å². The average Bonchev–Trinajstić information content (AvgIpc) is 1.89. The van der Waals surface area contributed by atoms with Crippen LogP contribution in [0.15, 0.2) is 23.6 Å². The summed E-state index contributed by atoms with van der Waals surface area (Å²) in [7, 11) is 0. The van der Waals surface area contributed by atoms with Crippen LogP contribution in [0.3, 0.4) is 0 Å². The van der Waals surface area contributed by atoms with Crippen LogP contribution in [0, 0.1) is 0 Å². The zero-order chi connectivity index (χ0) is 8.57. The van der Waals surface area contributed by atoms with Crippen LogP contribution in [0.25, 0.3) is 0 Å². The Bertz CT molecular complexity index is 96.7. The van der Waals surface area contributed by atoms with E-state index in [1.165, 1.54) is 13.0 Å². The molecule has 0 atom stereocenters. The zero-order valence-corrected chi connectivity index (χ0v) is 7.53. The predicted octanol–water partition coefficient (Wildman–Crippen LogP) is 3.85. The van der Waals surface area contributed by atoms with E-state index < -0.39 is 0 Å². The second-order valence-electron chi connectivity index (χ2n) is 2.00. The lowest BCUT2D eigenvalue weighted by Crippen LogP contribution is -1.61. The molecule has 0 aliphatic rings. The molecular weight excluding hydrogens is 127 g/mol. The maximum atomic E-state index is 11.9. The van der Waals surface area contributed by atoms with E-state index in [0.717, 1.165) is 5.57 Å². The van der Waals surface area contributed by atoms with Crippen LogP contribution in [0.2, 0.25) is 0 Å². The first kappa shape index (κ1) is 12.1. The molecule has 0 N–H and O–H groups in total. The molecule has 0 radical (unpaired) electrons. The van der Waals surface area contributed by atoms with Crippen LogP contribution in [0.5, 0.6) is 0 Å². The average molecular weight is 144 g/mol. The van der Waals surface area contributed by atoms with E-state index in [1.54, 1.807) is 6.08 Å². The molecule has 0 bridgehead atoms. The molecule has 1 heteroatoms. The van der Waals surface area contributed by atoms with E-state index in [9.17, 15) is 4.39 Å². The minimum absolute atomic E-state index is 0.147. The van der Waals surface area contributed by atoms with Crippen LogP contribution in [-0.2, 0) is 0 Å². The van der Waals surface area contributed by atoms with Gasteiger partial charge in [-0.3, -0.25) is 0 Å². The molecule has 0 saturated carbocycles. The molecular formula is C9H17F. The molecule has 0 nitrogen and oxygen atoms in total. The number of allylic oxidation sites excluding steroid dienone is 4. The summed E-state index contributed by atoms with van der Waals surface area (Å²) in [6.45, 7) is 9.29. The molecule has 0 unspecified atom stereocenters. The van der Waals surface area contributed by atoms with E-state index in [1.807, 2.05) is 27.7 Å². The second kappa shape index (κ2) is 8.41. The van der Waals surface area contributed by atoms with Gasteiger partial charge in [0.25, 0.3) is 0 Å². The molecule has 0 aliphatic heterocycles. The highest BCUT2D eigenvalue weighted by atomic mass is 19.1. The molecule has 0 aliphatic carbocycles. The van der Waals surface area contributed by atoms with Crippen LogP contribution in [0.4, 0.5) is 4.39 Å². The molecule has 0 heterocycles. The van der Waals surface area contributed by atoms with Crippen molar-refractivity contribution in [2.45, 2.75) is 34.6 Å². The van der Waals surface area contributed by atoms with Crippen molar-refractivity contribution in [3.8, 4) is 0 Å². The highest BCUT2D eigenvalue weighted by Crippen LogP contribution is 1.95. The Balaban J connectivity index is 0. The third kappa shape index (κ3) is 15.7. The van der Waals surface area contributed by atoms with Crippen LogP contribution in [-0.4, -0.2) is 0 Å². The zero-order valence-electron chi connectivity index (χ0n) is 7.53. The summed E-state index contributed by atoms with van der Waals surface area (Å²) in [6.07, 6.45) is 3.20. The number of hydrogen-bond donors (Lipinski definition) is 0. The Morgan fingerprint density at radius 1 is 1.00 bits per heavy atom. The monoisotopic (exact) mass is 144 g/mol. The largest absolute Gasteiger partial charge is 0.212 e. The van der Waals surface area contributed by atoms with E-state index in [4.69, 9.17) is 0 Å². The van der Waals surface area contributed by atoms with E-state index >= 15 is 0 Å². The molecule has 0 rings (SSSR count). The normalized spacial score (nSPS) is 9.60. The fourth-order valence-electron chi connectivity index (χ4n) is 0.281. The maximum absolute atomic E-state index is 11.9. The number of hydrogen-bond acceptors (Lipinski definition) is 0. The van der Waals surface area contributed by atoms with Gasteiger partial charge >= 0.3 is 0 Å². The van der Waals surface area contributed by atoms with Crippen molar-refractivity contribution >= 4 is 0 Å². The van der Waals surface area contributed by atoms with Crippen molar-refractivity contribution in [1.82, 2.24) is 0 Å². The summed E-state index contributed by atoms with van der Waals surface area (Å²) in [5.74, 6) is -0.147. The van der Waals surface area contributed by atoms with Gasteiger partial charge in [-0.05, 0) is 26.8 Å². The standard InChI is InChI=1S/C7H11F.C2H6/c1-6(2)4-5-7(3)8;1-2/h4-5H,1-3H3;1-2H3/b7-5+;. The molecule has 0 aromatic carbocycles. The van der Waals surface area contributed by atoms with E-state index in [0.29, 0.717) is 0 Å². The molecule has 0 aromatic heterocycles. The first-order valence-electron chi connectivity index (χ1n) is 3.60. The lowest BCUT2D eigenvalue weighted by molar-refractivity contribution is 0.640. The van der Waals surface area contributed by atoms with Gasteiger partial charge in [-0.25, -0.2) is 4.39 Å². The number of rotatable bonds is 1. The van der Waals surface area contributed by atoms with Crippen LogP contribution >= 0.6 is 0 Å². The highest BCUT2D eigenvalue weighted by molar-refractivity contribution is 5.09. The molecule has 0 saturated heterocycles. The lowest BCUT2D eigenvalue weighted by Gasteiger charge is -1.81. The molecule has 0 amide bonds. The Morgan fingerprint density at radius 3 is 1.50 bits per heavy atom. The fourth-order valence-corrected chi connectivity index (χ4v) is 0.281. The van der Waals surface area contributed by atoms with Gasteiger partial charge in [0.05, 0.1) is 5.83 Å². The van der Waals surface area contributed by atoms with Crippen LogP contribution in [0.1, 0.15) is 34.6 Å². The van der Waals surface area contributed by atoms with Crippen molar-refractivity contribution in [2.24, 2.45) is 0 Å². The van der Waals surface area contributed by atoms with Crippen LogP contribution < -0.4 is 0 Å². The Morgan fingerprint density at radius 2 is 1.40 bits per heavy atom. The third-order valence-corrected chi connectivity index (χ3v) is 0.646. The molecule has 10 heavy (non-hydrogen) atoms. The summed E-state index contributed by atoms with van der Waals surface area (Å²) < 4.78 is 11.9. The molecule has 0 fully saturated rings. The maximum Gasteiger partial charge on any atom is 0.0968 e. The van der Waals surface area contributed by atoms with Gasteiger partial charge in [-0.1, -0.05) is 25.5 Å². The Labute approximate surface area is 63.5 Å². The molecule has 60 valence electrons. The van der Waals surface area contributed by atoms with Gasteiger partial charge in [0.1, 0.15) is 0 Å². The SMILES string of the molecule is CC.CC(C)=C/C=C(\C)F. The van der Waals surface area contributed by atoms with Crippen molar-refractivity contribution in [3.05, 3.63) is 23.6 Å². The first-order valence-corrected chi connectivity index (χ1v) is 3.60. The Kier molecular flexibility index (Phi) is 10.2. The first-order chi connectivity index (χ1) is 4.63. The second-order valence-corrected chi connectivity index (χ2v) is 2.00. The van der Waals surface area contributed by atoms with Crippen molar-refractivity contribution in [2.75, 3.05) is 0 Å². The van der Waals surface area contributed by atoms with Gasteiger partial charge in [0.15, 0.2) is 0 Å². The van der Waals surface area contributed by atoms with Gasteiger partial charge < -0.3 is 0 Å². The quantitative estimate of drug-likeness (QED) is 0.490. The summed E-state index contributed by atoms with van der Waals surface area (Å²) >= 11 is 0. The summed E-state index contributed by atoms with van der Waals surface area (Å²) in [5.41, 5.74) is 1.11. The molecule has 0 spiro atoms. The van der Waals surface area contributed by atoms with E-state index in [2.05, 4.69) is 0 Å². The fraction of sp³-hybridized carbons (Fsp3) is 0.556. The predicted molar refractivity (Wildman–Crippen MR) is 45.6 cm³/mol.